The lowest BCUT2D eigenvalue weighted by Crippen LogP contribution is -2.44. The van der Waals surface area contributed by atoms with Crippen molar-refractivity contribution in [2.45, 2.75) is 6.92 Å². The summed E-state index contributed by atoms with van der Waals surface area (Å²) in [6.07, 6.45) is 0. The molecule has 2 aromatic rings. The minimum absolute atomic E-state index is 0.608. The molecule has 1 aromatic heterocycles. The molecule has 1 fully saturated rings. The van der Waals surface area contributed by atoms with Crippen LogP contribution in [0.1, 0.15) is 5.69 Å². The molecule has 5 nitrogen and oxygen atoms in total. The zero-order valence-corrected chi connectivity index (χ0v) is 13.6. The number of benzene rings is 1. The molecule has 0 amide bonds. The number of hydrogen-bond donors (Lipinski definition) is 1. The smallest absolute Gasteiger partial charge is 0.229 e. The molecule has 1 N–H and O–H groups in total. The van der Waals surface area contributed by atoms with E-state index >= 15 is 0 Å². The van der Waals surface area contributed by atoms with Crippen molar-refractivity contribution >= 4 is 29.1 Å². The number of halogens is 1. The van der Waals surface area contributed by atoms with Crippen LogP contribution in [0.2, 0.25) is 5.02 Å². The second-order valence-electron chi connectivity index (χ2n) is 5.62. The van der Waals surface area contributed by atoms with E-state index in [4.69, 9.17) is 11.6 Å². The van der Waals surface area contributed by atoms with E-state index in [1.807, 2.05) is 37.3 Å². The fourth-order valence-electron chi connectivity index (χ4n) is 2.50. The monoisotopic (exact) mass is 317 g/mol. The van der Waals surface area contributed by atoms with Crippen molar-refractivity contribution in [3.05, 3.63) is 41.0 Å². The highest BCUT2D eigenvalue weighted by atomic mass is 35.5. The van der Waals surface area contributed by atoms with Gasteiger partial charge in [-0.2, -0.15) is 4.98 Å². The molecule has 1 aliphatic rings. The Morgan fingerprint density at radius 1 is 1.09 bits per heavy atom. The number of nitrogens with one attached hydrogen (secondary N) is 1. The summed E-state index contributed by atoms with van der Waals surface area (Å²) in [7, 11) is 2.15. The van der Waals surface area contributed by atoms with E-state index in [9.17, 15) is 0 Å². The second-order valence-corrected chi connectivity index (χ2v) is 6.05. The summed E-state index contributed by atoms with van der Waals surface area (Å²) < 4.78 is 0. The first-order chi connectivity index (χ1) is 10.6. The number of aromatic nitrogens is 2. The molecule has 0 aliphatic carbocycles. The zero-order valence-electron chi connectivity index (χ0n) is 12.9. The third-order valence-electron chi connectivity index (χ3n) is 3.75. The molecule has 0 spiro atoms. The molecular weight excluding hydrogens is 298 g/mol. The predicted octanol–water partition coefficient (Wildman–Crippen LogP) is 2.93. The van der Waals surface area contributed by atoms with Crippen molar-refractivity contribution in [1.29, 1.82) is 0 Å². The highest BCUT2D eigenvalue weighted by molar-refractivity contribution is 6.30. The van der Waals surface area contributed by atoms with Gasteiger partial charge in [0.2, 0.25) is 5.95 Å². The number of nitrogens with zero attached hydrogens (tertiary/aromatic N) is 4. The second kappa shape index (κ2) is 6.50. The standard InChI is InChI=1S/C16H20ClN5/c1-12-10-15(22-8-6-21(2)7-9-22)20-16(18-12)19-14-5-3-4-13(17)11-14/h3-5,10-11H,6-9H2,1-2H3,(H,18,19,20). The molecule has 0 bridgehead atoms. The Kier molecular flexibility index (Phi) is 4.45. The molecule has 0 unspecified atom stereocenters. The average Bonchev–Trinajstić information content (AvgIpc) is 2.47. The van der Waals surface area contributed by atoms with E-state index in [1.54, 1.807) is 0 Å². The van der Waals surface area contributed by atoms with E-state index in [-0.39, 0.29) is 0 Å². The number of hydrogen-bond acceptors (Lipinski definition) is 5. The quantitative estimate of drug-likeness (QED) is 0.943. The normalized spacial score (nSPS) is 15.9. The summed E-state index contributed by atoms with van der Waals surface area (Å²) in [5, 5.41) is 3.92. The third-order valence-corrected chi connectivity index (χ3v) is 3.98. The number of rotatable bonds is 3. The molecule has 2 heterocycles. The van der Waals surface area contributed by atoms with Crippen molar-refractivity contribution < 1.29 is 0 Å². The van der Waals surface area contributed by atoms with E-state index in [0.717, 1.165) is 43.4 Å². The summed E-state index contributed by atoms with van der Waals surface area (Å²) in [5.74, 6) is 1.58. The maximum atomic E-state index is 6.02. The summed E-state index contributed by atoms with van der Waals surface area (Å²) in [4.78, 5) is 13.7. The molecule has 22 heavy (non-hydrogen) atoms. The van der Waals surface area contributed by atoms with Crippen LogP contribution in [0.4, 0.5) is 17.5 Å². The van der Waals surface area contributed by atoms with Gasteiger partial charge in [-0.05, 0) is 32.2 Å². The summed E-state index contributed by atoms with van der Waals surface area (Å²) in [6, 6.07) is 9.60. The first-order valence-corrected chi connectivity index (χ1v) is 7.80. The molecule has 1 saturated heterocycles. The molecule has 0 atom stereocenters. The van der Waals surface area contributed by atoms with Gasteiger partial charge in [0.25, 0.3) is 0 Å². The van der Waals surface area contributed by atoms with Crippen molar-refractivity contribution in [3.63, 3.8) is 0 Å². The topological polar surface area (TPSA) is 44.3 Å². The maximum Gasteiger partial charge on any atom is 0.229 e. The Morgan fingerprint density at radius 2 is 1.86 bits per heavy atom. The van der Waals surface area contributed by atoms with Gasteiger partial charge in [-0.1, -0.05) is 17.7 Å². The van der Waals surface area contributed by atoms with Gasteiger partial charge in [-0.15, -0.1) is 0 Å². The molecule has 0 saturated carbocycles. The van der Waals surface area contributed by atoms with E-state index in [2.05, 4.69) is 32.1 Å². The lowest BCUT2D eigenvalue weighted by atomic mass is 10.3. The van der Waals surface area contributed by atoms with Gasteiger partial charge in [0.15, 0.2) is 0 Å². The molecule has 116 valence electrons. The van der Waals surface area contributed by atoms with Crippen molar-refractivity contribution in [1.82, 2.24) is 14.9 Å². The van der Waals surface area contributed by atoms with Gasteiger partial charge in [0, 0.05) is 48.6 Å². The molecule has 0 radical (unpaired) electrons. The van der Waals surface area contributed by atoms with E-state index in [1.165, 1.54) is 0 Å². The lowest BCUT2D eigenvalue weighted by molar-refractivity contribution is 0.312. The predicted molar refractivity (Wildman–Crippen MR) is 91.2 cm³/mol. The Labute approximate surface area is 135 Å². The van der Waals surface area contributed by atoms with E-state index in [0.29, 0.717) is 11.0 Å². The largest absolute Gasteiger partial charge is 0.354 e. The maximum absolute atomic E-state index is 6.02. The van der Waals surface area contributed by atoms with Crippen molar-refractivity contribution in [2.75, 3.05) is 43.4 Å². The minimum atomic E-state index is 0.608. The van der Waals surface area contributed by atoms with Crippen LogP contribution in [0.5, 0.6) is 0 Å². The van der Waals surface area contributed by atoms with Crippen LogP contribution in [0.25, 0.3) is 0 Å². The SMILES string of the molecule is Cc1cc(N2CCN(C)CC2)nc(Nc2cccc(Cl)c2)n1. The van der Waals surface area contributed by atoms with Crippen molar-refractivity contribution in [3.8, 4) is 0 Å². The number of aryl methyl sites for hydroxylation is 1. The average molecular weight is 318 g/mol. The summed E-state index contributed by atoms with van der Waals surface area (Å²) in [5.41, 5.74) is 1.84. The van der Waals surface area contributed by atoms with Gasteiger partial charge in [-0.3, -0.25) is 0 Å². The lowest BCUT2D eigenvalue weighted by Gasteiger charge is -2.33. The Balaban J connectivity index is 1.80. The third kappa shape index (κ3) is 3.67. The minimum Gasteiger partial charge on any atom is -0.354 e. The molecule has 6 heteroatoms. The summed E-state index contributed by atoms with van der Waals surface area (Å²) >= 11 is 6.02. The van der Waals surface area contributed by atoms with Crippen LogP contribution >= 0.6 is 11.6 Å². The van der Waals surface area contributed by atoms with Gasteiger partial charge >= 0.3 is 0 Å². The van der Waals surface area contributed by atoms with Crippen LogP contribution in [-0.2, 0) is 0 Å². The molecular formula is C16H20ClN5. The molecule has 1 aromatic carbocycles. The van der Waals surface area contributed by atoms with Crippen LogP contribution in [0.3, 0.4) is 0 Å². The molecule has 1 aliphatic heterocycles. The van der Waals surface area contributed by atoms with Gasteiger partial charge < -0.3 is 15.1 Å². The van der Waals surface area contributed by atoms with E-state index < -0.39 is 0 Å². The van der Waals surface area contributed by atoms with Gasteiger partial charge in [0.1, 0.15) is 5.82 Å². The van der Waals surface area contributed by atoms with Crippen LogP contribution in [0.15, 0.2) is 30.3 Å². The van der Waals surface area contributed by atoms with Gasteiger partial charge in [0.05, 0.1) is 0 Å². The Hall–Kier alpha value is -1.85. The van der Waals surface area contributed by atoms with Crippen LogP contribution in [-0.4, -0.2) is 48.1 Å². The molecule has 3 rings (SSSR count). The number of likely N-dealkylation sites (N-methyl/N-ethyl adjacent to an activating group) is 1. The number of piperazine rings is 1. The Bertz CT molecular complexity index is 653. The van der Waals surface area contributed by atoms with Crippen LogP contribution in [0, 0.1) is 6.92 Å². The first-order valence-electron chi connectivity index (χ1n) is 7.42. The highest BCUT2D eigenvalue weighted by Crippen LogP contribution is 2.21. The number of anilines is 3. The van der Waals surface area contributed by atoms with Crippen molar-refractivity contribution in [2.24, 2.45) is 0 Å². The van der Waals surface area contributed by atoms with Gasteiger partial charge in [-0.25, -0.2) is 4.98 Å². The van der Waals surface area contributed by atoms with Crippen LogP contribution < -0.4 is 10.2 Å². The Morgan fingerprint density at radius 3 is 2.59 bits per heavy atom. The fraction of sp³-hybridized carbons (Fsp3) is 0.375. The summed E-state index contributed by atoms with van der Waals surface area (Å²) in [6.45, 7) is 6.08. The first kappa shape index (κ1) is 15.1. The fourth-order valence-corrected chi connectivity index (χ4v) is 2.69. The highest BCUT2D eigenvalue weighted by Gasteiger charge is 2.16. The zero-order chi connectivity index (χ0) is 15.5.